The van der Waals surface area contributed by atoms with Gasteiger partial charge < -0.3 is 10.1 Å². The van der Waals surface area contributed by atoms with E-state index in [9.17, 15) is 13.2 Å². The zero-order chi connectivity index (χ0) is 18.2. The molecule has 7 heteroatoms. The van der Waals surface area contributed by atoms with E-state index in [-0.39, 0.29) is 12.5 Å². The van der Waals surface area contributed by atoms with Gasteiger partial charge in [0.15, 0.2) is 6.10 Å². The fraction of sp³-hybridized carbons (Fsp3) is 0.278. The lowest BCUT2D eigenvalue weighted by Gasteiger charge is -2.33. The molecule has 1 aliphatic heterocycles. The van der Waals surface area contributed by atoms with Crippen LogP contribution in [0.15, 0.2) is 42.5 Å². The third kappa shape index (κ3) is 3.61. The van der Waals surface area contributed by atoms with Crippen LogP contribution in [0.3, 0.4) is 0 Å². The number of hydrogen-bond donors (Lipinski definition) is 1. The average molecular weight is 360 g/mol. The molecule has 0 aromatic heterocycles. The molecule has 132 valence electrons. The van der Waals surface area contributed by atoms with Crippen molar-refractivity contribution in [3.05, 3.63) is 53.6 Å². The smallest absolute Gasteiger partial charge is 0.267 e. The van der Waals surface area contributed by atoms with Crippen LogP contribution in [0.1, 0.15) is 11.1 Å². The van der Waals surface area contributed by atoms with Crippen LogP contribution in [0.4, 0.5) is 11.4 Å². The van der Waals surface area contributed by atoms with E-state index in [0.29, 0.717) is 17.1 Å². The van der Waals surface area contributed by atoms with E-state index in [2.05, 4.69) is 5.32 Å². The number of fused-ring (bicyclic) bond motifs is 1. The maximum atomic E-state index is 12.6. The van der Waals surface area contributed by atoms with Gasteiger partial charge in [0.2, 0.25) is 10.0 Å². The van der Waals surface area contributed by atoms with Gasteiger partial charge in [-0.15, -0.1) is 0 Å². The number of anilines is 2. The van der Waals surface area contributed by atoms with Crippen LogP contribution in [0.5, 0.6) is 5.75 Å². The predicted molar refractivity (Wildman–Crippen MR) is 97.6 cm³/mol. The number of hydrogen-bond acceptors (Lipinski definition) is 4. The van der Waals surface area contributed by atoms with Crippen LogP contribution in [-0.2, 0) is 14.8 Å². The minimum Gasteiger partial charge on any atom is -0.476 e. The molecule has 2 aromatic carbocycles. The summed E-state index contributed by atoms with van der Waals surface area (Å²) in [4.78, 5) is 12.6. The van der Waals surface area contributed by atoms with E-state index >= 15 is 0 Å². The summed E-state index contributed by atoms with van der Waals surface area (Å²) >= 11 is 0. The van der Waals surface area contributed by atoms with Crippen LogP contribution in [0, 0.1) is 13.8 Å². The maximum absolute atomic E-state index is 12.6. The quantitative estimate of drug-likeness (QED) is 0.912. The molecule has 1 atom stereocenters. The first-order valence-electron chi connectivity index (χ1n) is 7.87. The number of rotatable bonds is 3. The Labute approximate surface area is 147 Å². The summed E-state index contributed by atoms with van der Waals surface area (Å²) in [7, 11) is -3.52. The number of nitrogens with zero attached hydrogens (tertiary/aromatic N) is 1. The van der Waals surface area contributed by atoms with Gasteiger partial charge in [-0.25, -0.2) is 8.42 Å². The minimum absolute atomic E-state index is 0.0630. The van der Waals surface area contributed by atoms with Crippen molar-refractivity contribution in [3.8, 4) is 5.75 Å². The van der Waals surface area contributed by atoms with E-state index in [1.807, 2.05) is 32.0 Å². The lowest BCUT2D eigenvalue weighted by Crippen LogP contribution is -2.48. The lowest BCUT2D eigenvalue weighted by atomic mass is 10.1. The van der Waals surface area contributed by atoms with Crippen LogP contribution >= 0.6 is 0 Å². The Morgan fingerprint density at radius 3 is 2.56 bits per heavy atom. The van der Waals surface area contributed by atoms with E-state index in [1.54, 1.807) is 24.3 Å². The second kappa shape index (κ2) is 6.40. The van der Waals surface area contributed by atoms with Crippen molar-refractivity contribution in [3.63, 3.8) is 0 Å². The molecular weight excluding hydrogens is 340 g/mol. The number of nitrogens with one attached hydrogen (secondary N) is 1. The van der Waals surface area contributed by atoms with Crippen LogP contribution in [-0.4, -0.2) is 33.2 Å². The summed E-state index contributed by atoms with van der Waals surface area (Å²) < 4.78 is 31.1. The molecule has 1 N–H and O–H groups in total. The number of aryl methyl sites for hydroxylation is 2. The fourth-order valence-electron chi connectivity index (χ4n) is 2.69. The van der Waals surface area contributed by atoms with Crippen LogP contribution in [0.2, 0.25) is 0 Å². The van der Waals surface area contributed by atoms with Crippen molar-refractivity contribution in [2.75, 3.05) is 22.4 Å². The molecule has 0 aliphatic carbocycles. The third-order valence-electron chi connectivity index (χ3n) is 4.20. The Balaban J connectivity index is 1.85. The average Bonchev–Trinajstić information content (AvgIpc) is 2.56. The van der Waals surface area contributed by atoms with Gasteiger partial charge in [0.05, 0.1) is 18.5 Å². The Morgan fingerprint density at radius 2 is 1.88 bits per heavy atom. The first-order chi connectivity index (χ1) is 11.8. The first kappa shape index (κ1) is 17.3. The Morgan fingerprint density at radius 1 is 1.16 bits per heavy atom. The van der Waals surface area contributed by atoms with Gasteiger partial charge in [-0.3, -0.25) is 9.10 Å². The van der Waals surface area contributed by atoms with Crippen molar-refractivity contribution in [2.24, 2.45) is 0 Å². The van der Waals surface area contributed by atoms with Crippen LogP contribution < -0.4 is 14.4 Å². The van der Waals surface area contributed by atoms with Crippen molar-refractivity contribution in [2.45, 2.75) is 20.0 Å². The Bertz CT molecular complexity index is 924. The topological polar surface area (TPSA) is 75.7 Å². The summed E-state index contributed by atoms with van der Waals surface area (Å²) in [6.45, 7) is 3.89. The van der Waals surface area contributed by atoms with Gasteiger partial charge in [-0.05, 0) is 49.2 Å². The van der Waals surface area contributed by atoms with E-state index in [1.165, 1.54) is 4.31 Å². The highest BCUT2D eigenvalue weighted by atomic mass is 32.2. The molecule has 0 bridgehead atoms. The summed E-state index contributed by atoms with van der Waals surface area (Å²) in [6, 6.07) is 12.4. The summed E-state index contributed by atoms with van der Waals surface area (Å²) in [5.41, 5.74) is 3.29. The molecule has 25 heavy (non-hydrogen) atoms. The van der Waals surface area contributed by atoms with Gasteiger partial charge in [-0.2, -0.15) is 0 Å². The van der Waals surface area contributed by atoms with Gasteiger partial charge in [0.1, 0.15) is 5.75 Å². The predicted octanol–water partition coefficient (Wildman–Crippen LogP) is 2.47. The zero-order valence-corrected chi connectivity index (χ0v) is 15.1. The normalized spacial score (nSPS) is 16.8. The van der Waals surface area contributed by atoms with Crippen molar-refractivity contribution in [1.29, 1.82) is 0 Å². The highest BCUT2D eigenvalue weighted by Crippen LogP contribution is 2.34. The molecule has 2 aromatic rings. The Hall–Kier alpha value is -2.54. The van der Waals surface area contributed by atoms with Gasteiger partial charge in [0.25, 0.3) is 5.91 Å². The number of carbonyl (C=O) groups excluding carboxylic acids is 1. The van der Waals surface area contributed by atoms with E-state index in [0.717, 1.165) is 17.4 Å². The van der Waals surface area contributed by atoms with Crippen molar-refractivity contribution >= 4 is 27.3 Å². The van der Waals surface area contributed by atoms with E-state index < -0.39 is 16.1 Å². The zero-order valence-electron chi connectivity index (χ0n) is 14.3. The molecule has 0 radical (unpaired) electrons. The molecular formula is C18H20N2O4S. The van der Waals surface area contributed by atoms with Crippen molar-refractivity contribution in [1.82, 2.24) is 0 Å². The minimum atomic E-state index is -3.52. The second-order valence-electron chi connectivity index (χ2n) is 6.16. The molecule has 0 spiro atoms. The summed E-state index contributed by atoms with van der Waals surface area (Å²) in [5.74, 6) is -0.00850. The van der Waals surface area contributed by atoms with Crippen LogP contribution in [0.25, 0.3) is 0 Å². The molecule has 3 rings (SSSR count). The molecule has 1 aliphatic rings. The number of amides is 1. The van der Waals surface area contributed by atoms with Crippen molar-refractivity contribution < 1.29 is 17.9 Å². The molecule has 6 nitrogen and oxygen atoms in total. The summed E-state index contributed by atoms with van der Waals surface area (Å²) in [6.07, 6.45) is 0.194. The molecule has 0 fully saturated rings. The number of para-hydroxylation sites is 2. The van der Waals surface area contributed by atoms with Gasteiger partial charge in [0, 0.05) is 5.69 Å². The lowest BCUT2D eigenvalue weighted by molar-refractivity contribution is -0.122. The number of carbonyl (C=O) groups is 1. The summed E-state index contributed by atoms with van der Waals surface area (Å²) in [5, 5.41) is 2.80. The second-order valence-corrected chi connectivity index (χ2v) is 8.06. The largest absolute Gasteiger partial charge is 0.476 e. The molecule has 1 heterocycles. The molecule has 1 amide bonds. The molecule has 0 saturated carbocycles. The SMILES string of the molecule is Cc1ccc(NC(=O)[C@H]2CN(S(C)(=O)=O)c3ccccc3O2)cc1C. The third-order valence-corrected chi connectivity index (χ3v) is 5.35. The van der Waals surface area contributed by atoms with Gasteiger partial charge >= 0.3 is 0 Å². The molecule has 0 saturated heterocycles. The monoisotopic (exact) mass is 360 g/mol. The van der Waals surface area contributed by atoms with Gasteiger partial charge in [-0.1, -0.05) is 18.2 Å². The number of benzene rings is 2. The molecule has 0 unspecified atom stereocenters. The number of sulfonamides is 1. The standard InChI is InChI=1S/C18H20N2O4S/c1-12-8-9-14(10-13(12)2)19-18(21)17-11-20(25(3,22)23)15-6-4-5-7-16(15)24-17/h4-10,17H,11H2,1-3H3,(H,19,21)/t17-/m1/s1. The number of ether oxygens (including phenoxy) is 1. The highest BCUT2D eigenvalue weighted by molar-refractivity contribution is 7.92. The Kier molecular flexibility index (Phi) is 4.43. The fourth-order valence-corrected chi connectivity index (χ4v) is 3.61. The van der Waals surface area contributed by atoms with E-state index in [4.69, 9.17) is 4.74 Å². The highest BCUT2D eigenvalue weighted by Gasteiger charge is 2.34. The maximum Gasteiger partial charge on any atom is 0.267 e. The first-order valence-corrected chi connectivity index (χ1v) is 9.72.